The maximum Gasteiger partial charge on any atom is 0.678 e. The second-order valence-electron chi connectivity index (χ2n) is 9.46. The number of aliphatic hydroxyl groups excluding tert-OH is 1. The third kappa shape index (κ3) is 22.8. The molecule has 1 fully saturated rings. The van der Waals surface area contributed by atoms with Crippen LogP contribution in [-0.2, 0) is 35.0 Å². The zero-order valence-electron chi connectivity index (χ0n) is 18.7. The van der Waals surface area contributed by atoms with E-state index in [9.17, 15) is 4.80 Å². The molecule has 1 saturated carbocycles. The fourth-order valence-electron chi connectivity index (χ4n) is 2.30. The smallest absolute Gasteiger partial charge is 0.412 e. The largest absolute Gasteiger partial charge is 0.678 e. The van der Waals surface area contributed by atoms with Gasteiger partial charge in [0.2, 0.25) is 0 Å². The predicted octanol–water partition coefficient (Wildman–Crippen LogP) is 2.52. The molecule has 7 nitrogen and oxygen atoms in total. The van der Waals surface area contributed by atoms with Gasteiger partial charge in [-0.3, -0.25) is 0 Å². The first-order chi connectivity index (χ1) is 10.5. The van der Waals surface area contributed by atoms with Gasteiger partial charge in [0.25, 0.3) is 0 Å². The SMILES string of the molecule is CC(C)(C)O[Si](O)(OC(C)(C)C)OC(C)(C)C.O.O.OC1CCCCC1.[Ti]. The zero-order chi connectivity index (χ0) is 19.2. The molecule has 0 saturated heterocycles. The molecule has 0 spiro atoms. The Bertz CT molecular complexity index is 315. The quantitative estimate of drug-likeness (QED) is 0.641. The minimum Gasteiger partial charge on any atom is -0.412 e. The molecule has 1 aliphatic carbocycles. The number of hydrogen-bond acceptors (Lipinski definition) is 5. The Morgan fingerprint density at radius 2 is 0.926 bits per heavy atom. The summed E-state index contributed by atoms with van der Waals surface area (Å²) in [6.07, 6.45) is 5.92. The van der Waals surface area contributed by atoms with Crippen LogP contribution < -0.4 is 0 Å². The van der Waals surface area contributed by atoms with Crippen LogP contribution in [0.3, 0.4) is 0 Å². The molecule has 0 aromatic rings. The molecule has 27 heavy (non-hydrogen) atoms. The molecule has 6 N–H and O–H groups in total. The molecular weight excluding hydrogens is 404 g/mol. The summed E-state index contributed by atoms with van der Waals surface area (Å²) in [5.41, 5.74) is -1.55. The Balaban J connectivity index is -0.000000224. The topological polar surface area (TPSA) is 131 Å². The van der Waals surface area contributed by atoms with E-state index in [0.29, 0.717) is 0 Å². The zero-order valence-corrected chi connectivity index (χ0v) is 21.3. The average Bonchev–Trinajstić information content (AvgIpc) is 2.21. The molecule has 0 aromatic heterocycles. The Hall–Kier alpha value is 0.651. The number of hydrogen-bond donors (Lipinski definition) is 2. The van der Waals surface area contributed by atoms with Crippen molar-refractivity contribution in [2.45, 2.75) is 117 Å². The molecule has 0 aromatic carbocycles. The van der Waals surface area contributed by atoms with E-state index in [1.54, 1.807) is 0 Å². The van der Waals surface area contributed by atoms with Gasteiger partial charge in [0.15, 0.2) is 0 Å². The monoisotopic (exact) mass is 448 g/mol. The summed E-state index contributed by atoms with van der Waals surface area (Å²) in [6, 6.07) is 0. The molecular formula is C18H44O7SiTi. The molecule has 0 radical (unpaired) electrons. The molecule has 0 atom stereocenters. The minimum absolute atomic E-state index is 0. The molecule has 0 amide bonds. The van der Waals surface area contributed by atoms with Crippen LogP contribution in [0.2, 0.25) is 0 Å². The van der Waals surface area contributed by atoms with Gasteiger partial charge in [-0.1, -0.05) is 19.3 Å². The van der Waals surface area contributed by atoms with E-state index in [1.165, 1.54) is 19.3 Å². The van der Waals surface area contributed by atoms with Gasteiger partial charge in [-0.15, -0.1) is 0 Å². The third-order valence-electron chi connectivity index (χ3n) is 2.88. The Morgan fingerprint density at radius 1 is 0.667 bits per heavy atom. The second-order valence-corrected chi connectivity index (χ2v) is 11.1. The van der Waals surface area contributed by atoms with Crippen molar-refractivity contribution in [3.8, 4) is 0 Å². The van der Waals surface area contributed by atoms with Crippen LogP contribution in [0, 0.1) is 0 Å². The van der Waals surface area contributed by atoms with Crippen LogP contribution in [-0.4, -0.2) is 52.8 Å². The molecule has 0 bridgehead atoms. The first-order valence-corrected chi connectivity index (χ1v) is 10.7. The third-order valence-corrected chi connectivity index (χ3v) is 5.49. The fourth-order valence-corrected chi connectivity index (χ4v) is 4.75. The second kappa shape index (κ2) is 13.8. The Labute approximate surface area is 182 Å². The van der Waals surface area contributed by atoms with Gasteiger partial charge < -0.3 is 34.1 Å². The molecule has 0 heterocycles. The maximum absolute atomic E-state index is 10.5. The van der Waals surface area contributed by atoms with E-state index >= 15 is 0 Å². The van der Waals surface area contributed by atoms with Gasteiger partial charge in [-0.2, -0.15) is 0 Å². The van der Waals surface area contributed by atoms with Crippen molar-refractivity contribution in [3.63, 3.8) is 0 Å². The molecule has 1 rings (SSSR count). The maximum atomic E-state index is 10.5. The van der Waals surface area contributed by atoms with Crippen molar-refractivity contribution in [2.24, 2.45) is 0 Å². The summed E-state index contributed by atoms with van der Waals surface area (Å²) in [5.74, 6) is 0. The van der Waals surface area contributed by atoms with Crippen LogP contribution in [0.25, 0.3) is 0 Å². The van der Waals surface area contributed by atoms with Crippen LogP contribution in [0.1, 0.15) is 94.4 Å². The summed E-state index contributed by atoms with van der Waals surface area (Å²) < 4.78 is 16.9. The average molecular weight is 448 g/mol. The van der Waals surface area contributed by atoms with E-state index in [-0.39, 0.29) is 38.8 Å². The van der Waals surface area contributed by atoms with Gasteiger partial charge >= 0.3 is 9.05 Å². The van der Waals surface area contributed by atoms with Gasteiger partial charge in [0.1, 0.15) is 0 Å². The van der Waals surface area contributed by atoms with Crippen molar-refractivity contribution in [2.75, 3.05) is 0 Å². The minimum atomic E-state index is -3.66. The standard InChI is InChI=1S/C12H28O4Si.C6H12O.2H2O.Ti/c1-10(2,3)14-17(13,15-11(4,5)6)16-12(7,8)9;7-6-4-2-1-3-5-6;;;/h13H,1-9H3;6-7H,1-5H2;2*1H2;. The first-order valence-electron chi connectivity index (χ1n) is 9.02. The summed E-state index contributed by atoms with van der Waals surface area (Å²) in [7, 11) is -3.66. The van der Waals surface area contributed by atoms with Gasteiger partial charge in [-0.05, 0) is 75.2 Å². The predicted molar refractivity (Wildman–Crippen MR) is 107 cm³/mol. The normalized spacial score (nSPS) is 16.1. The fraction of sp³-hybridized carbons (Fsp3) is 1.00. The van der Waals surface area contributed by atoms with Gasteiger partial charge in [0.05, 0.1) is 22.9 Å². The summed E-state index contributed by atoms with van der Waals surface area (Å²) >= 11 is 0. The van der Waals surface area contributed by atoms with E-state index < -0.39 is 25.9 Å². The van der Waals surface area contributed by atoms with Gasteiger partial charge in [-0.25, -0.2) is 0 Å². The van der Waals surface area contributed by atoms with Crippen LogP contribution in [0.4, 0.5) is 0 Å². The molecule has 166 valence electrons. The molecule has 1 aliphatic rings. The van der Waals surface area contributed by atoms with Crippen molar-refractivity contribution in [1.29, 1.82) is 0 Å². The number of aliphatic hydroxyl groups is 1. The number of rotatable bonds is 3. The molecule has 9 heteroatoms. The van der Waals surface area contributed by atoms with Crippen molar-refractivity contribution < 1.29 is 55.9 Å². The van der Waals surface area contributed by atoms with E-state index in [0.717, 1.165) is 12.8 Å². The van der Waals surface area contributed by atoms with E-state index in [2.05, 4.69) is 0 Å². The Morgan fingerprint density at radius 3 is 1.07 bits per heavy atom. The van der Waals surface area contributed by atoms with Gasteiger partial charge in [0, 0.05) is 21.7 Å². The summed E-state index contributed by atoms with van der Waals surface area (Å²) in [6.45, 7) is 16.8. The van der Waals surface area contributed by atoms with Crippen molar-refractivity contribution in [3.05, 3.63) is 0 Å². The Kier molecular flexibility index (Phi) is 17.9. The first kappa shape index (κ1) is 35.1. The van der Waals surface area contributed by atoms with Crippen molar-refractivity contribution >= 4 is 9.05 Å². The van der Waals surface area contributed by atoms with E-state index in [4.69, 9.17) is 18.4 Å². The summed E-state index contributed by atoms with van der Waals surface area (Å²) in [5, 5.41) is 8.91. The molecule has 0 unspecified atom stereocenters. The van der Waals surface area contributed by atoms with Crippen LogP contribution >= 0.6 is 0 Å². The molecule has 0 aliphatic heterocycles. The van der Waals surface area contributed by atoms with E-state index in [1.807, 2.05) is 62.3 Å². The van der Waals surface area contributed by atoms with Crippen LogP contribution in [0.5, 0.6) is 0 Å². The summed E-state index contributed by atoms with van der Waals surface area (Å²) in [4.78, 5) is 10.5. The van der Waals surface area contributed by atoms with Crippen molar-refractivity contribution in [1.82, 2.24) is 0 Å². The van der Waals surface area contributed by atoms with Crippen LogP contribution in [0.15, 0.2) is 0 Å².